The second kappa shape index (κ2) is 6.27. The van der Waals surface area contributed by atoms with E-state index in [1.54, 1.807) is 0 Å². The number of hydrogen-bond donors (Lipinski definition) is 0. The number of halogens is 1. The third-order valence-corrected chi connectivity index (χ3v) is 3.46. The first-order valence-corrected chi connectivity index (χ1v) is 7.58. The predicted octanol–water partition coefficient (Wildman–Crippen LogP) is 2.55. The van der Waals surface area contributed by atoms with Crippen LogP contribution in [0.2, 0.25) is 6.04 Å². The molecule has 12 heavy (non-hydrogen) atoms. The van der Waals surface area contributed by atoms with Gasteiger partial charge in [-0.05, 0) is 30.5 Å². The van der Waals surface area contributed by atoms with Gasteiger partial charge >= 0.3 is 0 Å². The van der Waals surface area contributed by atoms with E-state index in [-0.39, 0.29) is 8.83 Å². The van der Waals surface area contributed by atoms with Gasteiger partial charge in [-0.15, -0.1) is 0 Å². The summed E-state index contributed by atoms with van der Waals surface area (Å²) in [6, 6.07) is 12.5. The molecule has 0 aromatic heterocycles. The van der Waals surface area contributed by atoms with Crippen molar-refractivity contribution in [1.82, 2.24) is 0 Å². The van der Waals surface area contributed by atoms with Crippen LogP contribution in [0.5, 0.6) is 0 Å². The molecule has 0 unspecified atom stereocenters. The lowest BCUT2D eigenvalue weighted by Crippen LogP contribution is -1.85. The highest BCUT2D eigenvalue weighted by atomic mass is 35.6. The first-order chi connectivity index (χ1) is 5.93. The van der Waals surface area contributed by atoms with Gasteiger partial charge in [0.05, 0.1) is 0 Å². The Morgan fingerprint density at radius 3 is 2.67 bits per heavy atom. The summed E-state index contributed by atoms with van der Waals surface area (Å²) in [5.41, 5.74) is 1.42. The number of hydrogen-bond acceptors (Lipinski definition) is 0. The molecule has 1 radical (unpaired) electrons. The third kappa shape index (κ3) is 3.93. The standard InChI is InChI=1S/C10H14ClSi/c11-12-9-5-4-8-10-6-2-1-3-7-10/h2-3,6-7H,4-5,8-9,12H2. The molecule has 0 saturated heterocycles. The van der Waals surface area contributed by atoms with E-state index in [9.17, 15) is 0 Å². The zero-order valence-electron chi connectivity index (χ0n) is 7.22. The molecule has 0 fully saturated rings. The zero-order chi connectivity index (χ0) is 8.65. The zero-order valence-corrected chi connectivity index (χ0v) is 9.39. The van der Waals surface area contributed by atoms with Gasteiger partial charge in [0.1, 0.15) is 8.83 Å². The molecule has 0 nitrogen and oxygen atoms in total. The highest BCUT2D eigenvalue weighted by molar-refractivity contribution is 6.93. The predicted molar refractivity (Wildman–Crippen MR) is 57.4 cm³/mol. The Bertz CT molecular complexity index is 198. The number of rotatable bonds is 5. The van der Waals surface area contributed by atoms with E-state index in [1.807, 2.05) is 12.1 Å². The lowest BCUT2D eigenvalue weighted by atomic mass is 10.1. The smallest absolute Gasteiger partial charge is 0.125 e. The summed E-state index contributed by atoms with van der Waals surface area (Å²) in [7, 11) is -0.220. The van der Waals surface area contributed by atoms with Crippen molar-refractivity contribution in [3.63, 3.8) is 0 Å². The van der Waals surface area contributed by atoms with Gasteiger partial charge in [0, 0.05) is 0 Å². The van der Waals surface area contributed by atoms with E-state index in [0.717, 1.165) is 0 Å². The van der Waals surface area contributed by atoms with Crippen molar-refractivity contribution in [1.29, 1.82) is 0 Å². The van der Waals surface area contributed by atoms with Gasteiger partial charge in [-0.1, -0.05) is 30.7 Å². The van der Waals surface area contributed by atoms with Crippen LogP contribution in [0.1, 0.15) is 18.4 Å². The molecule has 0 spiro atoms. The molecule has 1 rings (SSSR count). The van der Waals surface area contributed by atoms with Crippen LogP contribution < -0.4 is 0 Å². The molecule has 0 N–H and O–H groups in total. The molecule has 1 aromatic carbocycles. The molecule has 0 aliphatic rings. The van der Waals surface area contributed by atoms with Gasteiger partial charge in [0.25, 0.3) is 0 Å². The van der Waals surface area contributed by atoms with Crippen LogP contribution in [0, 0.1) is 6.07 Å². The van der Waals surface area contributed by atoms with Crippen molar-refractivity contribution in [3.8, 4) is 0 Å². The summed E-state index contributed by atoms with van der Waals surface area (Å²) in [5, 5.41) is 0. The topological polar surface area (TPSA) is 0 Å². The molecule has 0 aliphatic carbocycles. The Hall–Kier alpha value is -0.273. The van der Waals surface area contributed by atoms with E-state index in [1.165, 1.54) is 30.9 Å². The normalized spacial score (nSPS) is 11.1. The molecule has 1 aromatic rings. The van der Waals surface area contributed by atoms with Crippen molar-refractivity contribution < 1.29 is 0 Å². The average Bonchev–Trinajstić information content (AvgIpc) is 2.14. The van der Waals surface area contributed by atoms with Crippen LogP contribution in [-0.2, 0) is 6.42 Å². The number of benzene rings is 1. The van der Waals surface area contributed by atoms with Gasteiger partial charge in [0.2, 0.25) is 0 Å². The van der Waals surface area contributed by atoms with Crippen molar-refractivity contribution in [2.75, 3.05) is 0 Å². The second-order valence-corrected chi connectivity index (χ2v) is 5.13. The minimum Gasteiger partial charge on any atom is -0.176 e. The first-order valence-electron chi connectivity index (χ1n) is 4.44. The molecule has 0 saturated carbocycles. The summed E-state index contributed by atoms with van der Waals surface area (Å²) in [6.45, 7) is 0. The lowest BCUT2D eigenvalue weighted by Gasteiger charge is -1.98. The fourth-order valence-electron chi connectivity index (χ4n) is 1.19. The minimum absolute atomic E-state index is 0.220. The first kappa shape index (κ1) is 9.81. The van der Waals surface area contributed by atoms with Crippen LogP contribution in [-0.4, -0.2) is 8.83 Å². The van der Waals surface area contributed by atoms with Crippen molar-refractivity contribution in [3.05, 3.63) is 35.9 Å². The monoisotopic (exact) mass is 197 g/mol. The molecule has 0 aliphatic heterocycles. The van der Waals surface area contributed by atoms with Crippen LogP contribution in [0.15, 0.2) is 24.3 Å². The van der Waals surface area contributed by atoms with Crippen LogP contribution in [0.4, 0.5) is 0 Å². The highest BCUT2D eigenvalue weighted by Crippen LogP contribution is 2.05. The second-order valence-electron chi connectivity index (χ2n) is 2.91. The maximum absolute atomic E-state index is 5.72. The van der Waals surface area contributed by atoms with E-state index in [0.29, 0.717) is 0 Å². The maximum atomic E-state index is 5.72. The lowest BCUT2D eigenvalue weighted by molar-refractivity contribution is 0.793. The van der Waals surface area contributed by atoms with Crippen LogP contribution >= 0.6 is 11.1 Å². The summed E-state index contributed by atoms with van der Waals surface area (Å²) in [6.07, 6.45) is 3.78. The Morgan fingerprint density at radius 2 is 2.00 bits per heavy atom. The molecule has 2 heteroatoms. The molecular weight excluding hydrogens is 184 g/mol. The van der Waals surface area contributed by atoms with Crippen molar-refractivity contribution >= 4 is 19.9 Å². The van der Waals surface area contributed by atoms with E-state index < -0.39 is 0 Å². The summed E-state index contributed by atoms with van der Waals surface area (Å²) in [4.78, 5) is 0. The fourth-order valence-corrected chi connectivity index (χ4v) is 2.30. The molecule has 65 valence electrons. The van der Waals surface area contributed by atoms with Gasteiger partial charge < -0.3 is 0 Å². The number of aryl methyl sites for hydroxylation is 1. The SMILES string of the molecule is Cl[SiH2]CCCCc1cc[c]cc1. The Kier molecular flexibility index (Phi) is 5.12. The summed E-state index contributed by atoms with van der Waals surface area (Å²) >= 11 is 5.72. The average molecular weight is 198 g/mol. The minimum atomic E-state index is -0.220. The Balaban J connectivity index is 2.16. The van der Waals surface area contributed by atoms with Crippen LogP contribution in [0.3, 0.4) is 0 Å². The number of unbranched alkanes of at least 4 members (excludes halogenated alkanes) is 1. The van der Waals surface area contributed by atoms with E-state index in [2.05, 4.69) is 18.2 Å². The van der Waals surface area contributed by atoms with Crippen molar-refractivity contribution in [2.45, 2.75) is 25.3 Å². The van der Waals surface area contributed by atoms with Gasteiger partial charge in [0.15, 0.2) is 0 Å². The molecular formula is C10H14ClSi. The van der Waals surface area contributed by atoms with Gasteiger partial charge in [-0.25, -0.2) is 0 Å². The van der Waals surface area contributed by atoms with E-state index in [4.69, 9.17) is 11.1 Å². The Morgan fingerprint density at radius 1 is 1.25 bits per heavy atom. The van der Waals surface area contributed by atoms with Gasteiger partial charge in [-0.3, -0.25) is 0 Å². The molecule has 0 amide bonds. The summed E-state index contributed by atoms with van der Waals surface area (Å²) < 4.78 is 0. The van der Waals surface area contributed by atoms with E-state index >= 15 is 0 Å². The highest BCUT2D eigenvalue weighted by Gasteiger charge is 1.91. The Labute approximate surface area is 81.5 Å². The molecule has 0 bridgehead atoms. The molecule has 0 atom stereocenters. The maximum Gasteiger partial charge on any atom is 0.125 e. The quantitative estimate of drug-likeness (QED) is 0.387. The fraction of sp³-hybridized carbons (Fsp3) is 0.400. The van der Waals surface area contributed by atoms with Crippen molar-refractivity contribution in [2.24, 2.45) is 0 Å². The largest absolute Gasteiger partial charge is 0.176 e. The van der Waals surface area contributed by atoms with Gasteiger partial charge in [-0.2, -0.15) is 11.1 Å². The van der Waals surface area contributed by atoms with Crippen LogP contribution in [0.25, 0.3) is 0 Å². The molecule has 0 heterocycles. The summed E-state index contributed by atoms with van der Waals surface area (Å²) in [5.74, 6) is 0. The third-order valence-electron chi connectivity index (χ3n) is 1.89.